The minimum atomic E-state index is -0.566. The summed E-state index contributed by atoms with van der Waals surface area (Å²) < 4.78 is 5.07. The quantitative estimate of drug-likeness (QED) is 0.601. The second kappa shape index (κ2) is 6.81. The van der Waals surface area contributed by atoms with E-state index in [-0.39, 0.29) is 18.2 Å². The van der Waals surface area contributed by atoms with Crippen molar-refractivity contribution in [3.8, 4) is 5.75 Å². The van der Waals surface area contributed by atoms with Gasteiger partial charge >= 0.3 is 5.97 Å². The molecule has 1 atom stereocenters. The first kappa shape index (κ1) is 13.4. The Labute approximate surface area is 101 Å². The van der Waals surface area contributed by atoms with Gasteiger partial charge in [-0.15, -0.1) is 0 Å². The number of nitrogens with two attached hydrogens (primary N) is 1. The van der Waals surface area contributed by atoms with Crippen molar-refractivity contribution < 1.29 is 14.3 Å². The highest BCUT2D eigenvalue weighted by atomic mass is 16.5. The Balaban J connectivity index is 2.33. The van der Waals surface area contributed by atoms with E-state index >= 15 is 0 Å². The lowest BCUT2D eigenvalue weighted by molar-refractivity contribution is -0.134. The van der Waals surface area contributed by atoms with E-state index in [2.05, 4.69) is 0 Å². The Morgan fingerprint density at radius 2 is 1.94 bits per heavy atom. The van der Waals surface area contributed by atoms with Gasteiger partial charge in [-0.25, -0.2) is 0 Å². The van der Waals surface area contributed by atoms with Crippen LogP contribution in [0.5, 0.6) is 5.75 Å². The zero-order chi connectivity index (χ0) is 12.7. The fourth-order valence-electron chi connectivity index (χ4n) is 1.37. The van der Waals surface area contributed by atoms with Gasteiger partial charge in [0.15, 0.2) is 0 Å². The second-order valence-electron chi connectivity index (χ2n) is 3.75. The minimum Gasteiger partial charge on any atom is -0.427 e. The number of esters is 1. The number of carbonyl (C=O) groups is 2. The van der Waals surface area contributed by atoms with Gasteiger partial charge in [-0.2, -0.15) is 0 Å². The first-order valence-electron chi connectivity index (χ1n) is 5.67. The smallest absolute Gasteiger partial charge is 0.311 e. The second-order valence-corrected chi connectivity index (χ2v) is 3.75. The van der Waals surface area contributed by atoms with E-state index in [1.807, 2.05) is 6.07 Å². The van der Waals surface area contributed by atoms with E-state index in [0.717, 1.165) is 0 Å². The third-order valence-corrected chi connectivity index (χ3v) is 2.40. The van der Waals surface area contributed by atoms with Crippen LogP contribution in [0.3, 0.4) is 0 Å². The van der Waals surface area contributed by atoms with Crippen molar-refractivity contribution in [3.05, 3.63) is 30.3 Å². The number of hydrogen-bond acceptors (Lipinski definition) is 4. The molecule has 4 nitrogen and oxygen atoms in total. The third kappa shape index (κ3) is 4.78. The average Bonchev–Trinajstić information content (AvgIpc) is 2.36. The SMILES string of the molecule is CCC(=O)C(N)CCC(=O)Oc1ccccc1. The van der Waals surface area contributed by atoms with Crippen LogP contribution < -0.4 is 10.5 Å². The Hall–Kier alpha value is -1.68. The van der Waals surface area contributed by atoms with Crippen LogP contribution in [0.2, 0.25) is 0 Å². The van der Waals surface area contributed by atoms with Crippen molar-refractivity contribution in [1.82, 2.24) is 0 Å². The predicted octanol–water partition coefficient (Wildman–Crippen LogP) is 1.68. The number of para-hydroxylation sites is 1. The lowest BCUT2D eigenvalue weighted by Crippen LogP contribution is -2.30. The molecule has 17 heavy (non-hydrogen) atoms. The van der Waals surface area contributed by atoms with Gasteiger partial charge in [0.2, 0.25) is 0 Å². The monoisotopic (exact) mass is 235 g/mol. The molecular formula is C13H17NO3. The number of ketones is 1. The summed E-state index contributed by atoms with van der Waals surface area (Å²) >= 11 is 0. The fourth-order valence-corrected chi connectivity index (χ4v) is 1.37. The largest absolute Gasteiger partial charge is 0.427 e. The summed E-state index contributed by atoms with van der Waals surface area (Å²) in [6, 6.07) is 8.25. The van der Waals surface area contributed by atoms with Crippen LogP contribution in [0.4, 0.5) is 0 Å². The summed E-state index contributed by atoms with van der Waals surface area (Å²) in [7, 11) is 0. The van der Waals surface area contributed by atoms with E-state index in [0.29, 0.717) is 18.6 Å². The first-order valence-corrected chi connectivity index (χ1v) is 5.67. The average molecular weight is 235 g/mol. The van der Waals surface area contributed by atoms with Crippen LogP contribution in [-0.4, -0.2) is 17.8 Å². The molecule has 0 radical (unpaired) electrons. The first-order chi connectivity index (χ1) is 8.13. The van der Waals surface area contributed by atoms with Gasteiger partial charge in [-0.3, -0.25) is 9.59 Å². The topological polar surface area (TPSA) is 69.4 Å². The molecule has 1 aromatic rings. The van der Waals surface area contributed by atoms with Crippen LogP contribution >= 0.6 is 0 Å². The van der Waals surface area contributed by atoms with Crippen molar-refractivity contribution in [1.29, 1.82) is 0 Å². The van der Waals surface area contributed by atoms with E-state index in [1.165, 1.54) is 0 Å². The Kier molecular flexibility index (Phi) is 5.36. The molecule has 4 heteroatoms. The van der Waals surface area contributed by atoms with Crippen LogP contribution in [0.25, 0.3) is 0 Å². The van der Waals surface area contributed by atoms with Crippen molar-refractivity contribution >= 4 is 11.8 Å². The molecule has 0 saturated carbocycles. The molecule has 2 N–H and O–H groups in total. The van der Waals surface area contributed by atoms with Gasteiger partial charge in [-0.1, -0.05) is 25.1 Å². The normalized spacial score (nSPS) is 11.9. The summed E-state index contributed by atoms with van der Waals surface area (Å²) in [6.45, 7) is 1.75. The van der Waals surface area contributed by atoms with E-state index in [9.17, 15) is 9.59 Å². The summed E-state index contributed by atoms with van der Waals surface area (Å²) in [4.78, 5) is 22.6. The zero-order valence-corrected chi connectivity index (χ0v) is 9.89. The predicted molar refractivity (Wildman–Crippen MR) is 64.6 cm³/mol. The maximum Gasteiger partial charge on any atom is 0.311 e. The number of Topliss-reactive ketones (excluding diaryl/α,β-unsaturated/α-hetero) is 1. The molecule has 0 saturated heterocycles. The Morgan fingerprint density at radius 1 is 1.29 bits per heavy atom. The summed E-state index contributed by atoms with van der Waals surface area (Å²) in [5, 5.41) is 0. The van der Waals surface area contributed by atoms with Gasteiger partial charge in [0.05, 0.1) is 6.04 Å². The van der Waals surface area contributed by atoms with Crippen molar-refractivity contribution in [2.24, 2.45) is 5.73 Å². The molecule has 92 valence electrons. The molecule has 0 amide bonds. The minimum absolute atomic E-state index is 0.0301. The summed E-state index contributed by atoms with van der Waals surface area (Å²) in [6.07, 6.45) is 0.884. The highest BCUT2D eigenvalue weighted by Gasteiger charge is 2.14. The number of ether oxygens (including phenoxy) is 1. The molecule has 0 aliphatic rings. The van der Waals surface area contributed by atoms with Gasteiger partial charge in [-0.05, 0) is 18.6 Å². The molecule has 0 spiro atoms. The summed E-state index contributed by atoms with van der Waals surface area (Å²) in [5.74, 6) is 0.112. The fraction of sp³-hybridized carbons (Fsp3) is 0.385. The van der Waals surface area contributed by atoms with Crippen LogP contribution in [0, 0.1) is 0 Å². The maximum absolute atomic E-state index is 11.4. The van der Waals surface area contributed by atoms with E-state index in [1.54, 1.807) is 31.2 Å². The molecule has 1 aromatic carbocycles. The molecule has 1 rings (SSSR count). The number of carbonyl (C=O) groups excluding carboxylic acids is 2. The molecule has 0 fully saturated rings. The number of hydrogen-bond donors (Lipinski definition) is 1. The Bertz CT molecular complexity index is 376. The van der Waals surface area contributed by atoms with Crippen molar-refractivity contribution in [2.45, 2.75) is 32.2 Å². The van der Waals surface area contributed by atoms with E-state index in [4.69, 9.17) is 10.5 Å². The molecule has 1 unspecified atom stereocenters. The van der Waals surface area contributed by atoms with E-state index < -0.39 is 6.04 Å². The lowest BCUT2D eigenvalue weighted by atomic mass is 10.1. The Morgan fingerprint density at radius 3 is 2.53 bits per heavy atom. The molecule has 0 heterocycles. The maximum atomic E-state index is 11.4. The third-order valence-electron chi connectivity index (χ3n) is 2.40. The van der Waals surface area contributed by atoms with Gasteiger partial charge in [0, 0.05) is 12.8 Å². The highest BCUT2D eigenvalue weighted by Crippen LogP contribution is 2.10. The number of benzene rings is 1. The molecule has 0 aliphatic heterocycles. The van der Waals surface area contributed by atoms with Gasteiger partial charge in [0.1, 0.15) is 11.5 Å². The van der Waals surface area contributed by atoms with Crippen LogP contribution in [0.15, 0.2) is 30.3 Å². The standard InChI is InChI=1S/C13H17NO3/c1-2-12(15)11(14)8-9-13(16)17-10-6-4-3-5-7-10/h3-7,11H,2,8-9,14H2,1H3. The highest BCUT2D eigenvalue weighted by molar-refractivity contribution is 5.84. The zero-order valence-electron chi connectivity index (χ0n) is 9.89. The van der Waals surface area contributed by atoms with Crippen LogP contribution in [-0.2, 0) is 9.59 Å². The lowest BCUT2D eigenvalue weighted by Gasteiger charge is -2.08. The number of rotatable bonds is 6. The van der Waals surface area contributed by atoms with Crippen molar-refractivity contribution in [3.63, 3.8) is 0 Å². The molecule has 0 aromatic heterocycles. The molecule has 0 bridgehead atoms. The van der Waals surface area contributed by atoms with Gasteiger partial charge in [0.25, 0.3) is 0 Å². The van der Waals surface area contributed by atoms with Crippen molar-refractivity contribution in [2.75, 3.05) is 0 Å². The summed E-state index contributed by atoms with van der Waals surface area (Å²) in [5.41, 5.74) is 5.61. The van der Waals surface area contributed by atoms with Crippen LogP contribution in [0.1, 0.15) is 26.2 Å². The van der Waals surface area contributed by atoms with Gasteiger partial charge < -0.3 is 10.5 Å². The molecular weight excluding hydrogens is 218 g/mol. The molecule has 0 aliphatic carbocycles.